The molecule has 1 atom stereocenters. The van der Waals surface area contributed by atoms with Crippen LogP contribution < -0.4 is 10.1 Å². The normalized spacial score (nSPS) is 12.1. The van der Waals surface area contributed by atoms with Gasteiger partial charge in [0.15, 0.2) is 0 Å². The molecule has 2 aromatic rings. The van der Waals surface area contributed by atoms with Crippen molar-refractivity contribution in [1.29, 1.82) is 0 Å². The average molecular weight is 285 g/mol. The van der Waals surface area contributed by atoms with Crippen LogP contribution in [0.15, 0.2) is 36.9 Å². The predicted octanol–water partition coefficient (Wildman–Crippen LogP) is 3.27. The van der Waals surface area contributed by atoms with Crippen molar-refractivity contribution in [1.82, 2.24) is 15.3 Å². The minimum atomic E-state index is 0.0846. The monoisotopic (exact) mass is 285 g/mol. The van der Waals surface area contributed by atoms with Crippen LogP contribution in [0.25, 0.3) is 0 Å². The Labute approximate surface area is 126 Å². The maximum Gasteiger partial charge on any atom is 0.137 e. The van der Waals surface area contributed by atoms with Crippen molar-refractivity contribution in [2.24, 2.45) is 0 Å². The van der Waals surface area contributed by atoms with E-state index < -0.39 is 0 Å². The van der Waals surface area contributed by atoms with Crippen LogP contribution in [0, 0.1) is 6.92 Å². The Hall–Kier alpha value is -1.94. The number of ether oxygens (including phenoxy) is 1. The molecule has 4 heteroatoms. The van der Waals surface area contributed by atoms with Gasteiger partial charge in [-0.3, -0.25) is 9.97 Å². The van der Waals surface area contributed by atoms with Crippen molar-refractivity contribution in [3.8, 4) is 5.75 Å². The lowest BCUT2D eigenvalue weighted by Crippen LogP contribution is -2.23. The van der Waals surface area contributed by atoms with Gasteiger partial charge in [0.25, 0.3) is 0 Å². The van der Waals surface area contributed by atoms with E-state index in [2.05, 4.69) is 42.1 Å². The van der Waals surface area contributed by atoms with Gasteiger partial charge in [0.05, 0.1) is 18.8 Å². The highest BCUT2D eigenvalue weighted by Crippen LogP contribution is 2.26. The third kappa shape index (κ3) is 4.02. The van der Waals surface area contributed by atoms with Gasteiger partial charge in [0, 0.05) is 18.6 Å². The van der Waals surface area contributed by atoms with Crippen LogP contribution in [0.4, 0.5) is 0 Å². The lowest BCUT2D eigenvalue weighted by atomic mass is 9.98. The van der Waals surface area contributed by atoms with E-state index >= 15 is 0 Å². The Bertz CT molecular complexity index is 571. The van der Waals surface area contributed by atoms with E-state index in [9.17, 15) is 0 Å². The zero-order valence-electron chi connectivity index (χ0n) is 13.0. The van der Waals surface area contributed by atoms with Crippen molar-refractivity contribution in [3.63, 3.8) is 0 Å². The Kier molecular flexibility index (Phi) is 5.69. The van der Waals surface area contributed by atoms with Crippen molar-refractivity contribution in [3.05, 3.63) is 53.6 Å². The number of hydrogen-bond donors (Lipinski definition) is 1. The standard InChI is InChI=1S/C17H23N3O/c1-4-8-21-15-9-14(10-19-11-15)17(20-5-2)16-12-18-7-6-13(16)3/h6-7,9-12,17,20H,4-5,8H2,1-3H3. The first-order valence-corrected chi connectivity index (χ1v) is 7.47. The van der Waals surface area contributed by atoms with E-state index in [-0.39, 0.29) is 6.04 Å². The fourth-order valence-corrected chi connectivity index (χ4v) is 2.28. The van der Waals surface area contributed by atoms with Gasteiger partial charge >= 0.3 is 0 Å². The molecule has 0 fully saturated rings. The van der Waals surface area contributed by atoms with Gasteiger partial charge in [0.2, 0.25) is 0 Å². The summed E-state index contributed by atoms with van der Waals surface area (Å²) < 4.78 is 5.68. The minimum Gasteiger partial charge on any atom is -0.492 e. The van der Waals surface area contributed by atoms with Gasteiger partial charge in [-0.25, -0.2) is 0 Å². The molecule has 2 heterocycles. The summed E-state index contributed by atoms with van der Waals surface area (Å²) in [6, 6.07) is 4.17. The van der Waals surface area contributed by atoms with Crippen LogP contribution in [0.1, 0.15) is 43.0 Å². The summed E-state index contributed by atoms with van der Waals surface area (Å²) in [4.78, 5) is 8.56. The van der Waals surface area contributed by atoms with Gasteiger partial charge in [0.1, 0.15) is 5.75 Å². The number of aromatic nitrogens is 2. The van der Waals surface area contributed by atoms with E-state index in [4.69, 9.17) is 4.74 Å². The van der Waals surface area contributed by atoms with Gasteiger partial charge in [-0.2, -0.15) is 0 Å². The molecule has 0 spiro atoms. The second-order valence-electron chi connectivity index (χ2n) is 5.03. The van der Waals surface area contributed by atoms with Gasteiger partial charge in [-0.1, -0.05) is 13.8 Å². The highest BCUT2D eigenvalue weighted by Gasteiger charge is 2.16. The number of hydrogen-bond acceptors (Lipinski definition) is 4. The maximum absolute atomic E-state index is 5.68. The Morgan fingerprint density at radius 2 is 2.05 bits per heavy atom. The quantitative estimate of drug-likeness (QED) is 0.848. The molecule has 0 aromatic carbocycles. The summed E-state index contributed by atoms with van der Waals surface area (Å²) in [5, 5.41) is 3.50. The molecule has 112 valence electrons. The number of pyridine rings is 2. The van der Waals surface area contributed by atoms with Gasteiger partial charge in [-0.15, -0.1) is 0 Å². The second kappa shape index (κ2) is 7.74. The molecule has 2 aromatic heterocycles. The first kappa shape index (κ1) is 15.4. The summed E-state index contributed by atoms with van der Waals surface area (Å²) in [7, 11) is 0. The Balaban J connectivity index is 2.32. The number of nitrogens with one attached hydrogen (secondary N) is 1. The summed E-state index contributed by atoms with van der Waals surface area (Å²) in [6.45, 7) is 7.88. The fourth-order valence-electron chi connectivity index (χ4n) is 2.28. The van der Waals surface area contributed by atoms with E-state index in [1.54, 1.807) is 6.20 Å². The molecule has 2 rings (SSSR count). The third-order valence-corrected chi connectivity index (χ3v) is 3.34. The summed E-state index contributed by atoms with van der Waals surface area (Å²) >= 11 is 0. The summed E-state index contributed by atoms with van der Waals surface area (Å²) in [6.07, 6.45) is 8.38. The van der Waals surface area contributed by atoms with Crippen LogP contribution in [0.2, 0.25) is 0 Å². The maximum atomic E-state index is 5.68. The molecule has 0 aliphatic rings. The molecule has 0 aliphatic carbocycles. The number of rotatable bonds is 7. The SMILES string of the molecule is CCCOc1cncc(C(NCC)c2cnccc2C)c1. The van der Waals surface area contributed by atoms with Crippen LogP contribution in [-0.2, 0) is 0 Å². The first-order valence-electron chi connectivity index (χ1n) is 7.47. The van der Waals surface area contributed by atoms with Crippen LogP contribution in [0.5, 0.6) is 5.75 Å². The minimum absolute atomic E-state index is 0.0846. The number of aryl methyl sites for hydroxylation is 1. The fraction of sp³-hybridized carbons (Fsp3) is 0.412. The van der Waals surface area contributed by atoms with Crippen molar-refractivity contribution < 1.29 is 4.74 Å². The molecular formula is C17H23N3O. The highest BCUT2D eigenvalue weighted by atomic mass is 16.5. The Morgan fingerprint density at radius 1 is 1.19 bits per heavy atom. The number of nitrogens with zero attached hydrogens (tertiary/aromatic N) is 2. The van der Waals surface area contributed by atoms with Crippen LogP contribution in [0.3, 0.4) is 0 Å². The molecule has 0 saturated carbocycles. The molecule has 0 bridgehead atoms. The van der Waals surface area contributed by atoms with Crippen molar-refractivity contribution in [2.75, 3.05) is 13.2 Å². The van der Waals surface area contributed by atoms with Crippen molar-refractivity contribution >= 4 is 0 Å². The molecule has 4 nitrogen and oxygen atoms in total. The van der Waals surface area contributed by atoms with Gasteiger partial charge in [-0.05, 0) is 48.7 Å². The van der Waals surface area contributed by atoms with E-state index in [0.29, 0.717) is 6.61 Å². The van der Waals surface area contributed by atoms with Crippen molar-refractivity contribution in [2.45, 2.75) is 33.2 Å². The Morgan fingerprint density at radius 3 is 2.76 bits per heavy atom. The molecule has 0 saturated heterocycles. The van der Waals surface area contributed by atoms with Gasteiger partial charge < -0.3 is 10.1 Å². The molecule has 0 amide bonds. The second-order valence-corrected chi connectivity index (χ2v) is 5.03. The highest BCUT2D eigenvalue weighted by molar-refractivity contribution is 5.36. The van der Waals surface area contributed by atoms with E-state index in [1.165, 1.54) is 11.1 Å². The zero-order valence-corrected chi connectivity index (χ0v) is 13.0. The van der Waals surface area contributed by atoms with Crippen LogP contribution >= 0.6 is 0 Å². The molecular weight excluding hydrogens is 262 g/mol. The molecule has 1 N–H and O–H groups in total. The lowest BCUT2D eigenvalue weighted by Gasteiger charge is -2.20. The third-order valence-electron chi connectivity index (χ3n) is 3.34. The smallest absolute Gasteiger partial charge is 0.137 e. The molecule has 0 aliphatic heterocycles. The first-order chi connectivity index (χ1) is 10.3. The summed E-state index contributed by atoms with van der Waals surface area (Å²) in [5.74, 6) is 0.818. The molecule has 0 radical (unpaired) electrons. The lowest BCUT2D eigenvalue weighted by molar-refractivity contribution is 0.315. The largest absolute Gasteiger partial charge is 0.492 e. The zero-order chi connectivity index (χ0) is 15.1. The molecule has 1 unspecified atom stereocenters. The van der Waals surface area contributed by atoms with E-state index in [1.807, 2.05) is 24.7 Å². The average Bonchev–Trinajstić information content (AvgIpc) is 2.52. The summed E-state index contributed by atoms with van der Waals surface area (Å²) in [5.41, 5.74) is 3.49. The molecule has 21 heavy (non-hydrogen) atoms. The topological polar surface area (TPSA) is 47.0 Å². The van der Waals surface area contributed by atoms with Crippen LogP contribution in [-0.4, -0.2) is 23.1 Å². The van der Waals surface area contributed by atoms with E-state index in [0.717, 1.165) is 24.3 Å². The predicted molar refractivity (Wildman–Crippen MR) is 84.5 cm³/mol.